The zero-order chi connectivity index (χ0) is 12.4. The predicted molar refractivity (Wildman–Crippen MR) is 70.2 cm³/mol. The van der Waals surface area contributed by atoms with Crippen LogP contribution in [0, 0.1) is 5.92 Å². The number of ether oxygens (including phenoxy) is 2. The largest absolute Gasteiger partial charge is 0.463 e. The molecule has 2 aromatic rings. The summed E-state index contributed by atoms with van der Waals surface area (Å²) in [7, 11) is 0. The lowest BCUT2D eigenvalue weighted by Gasteiger charge is -2.24. The Labute approximate surface area is 106 Å². The minimum Gasteiger partial charge on any atom is -0.463 e. The second kappa shape index (κ2) is 4.69. The monoisotopic (exact) mass is 241 g/mol. The smallest absolute Gasteiger partial charge is 0.240 e. The second-order valence-corrected chi connectivity index (χ2v) is 4.56. The molecule has 1 aliphatic rings. The van der Waals surface area contributed by atoms with Gasteiger partial charge in [0.25, 0.3) is 0 Å². The lowest BCUT2D eigenvalue weighted by atomic mass is 10.1. The summed E-state index contributed by atoms with van der Waals surface area (Å²) in [6.45, 7) is 2.15. The molecule has 1 aromatic carbocycles. The van der Waals surface area contributed by atoms with Crippen LogP contribution in [0.3, 0.4) is 0 Å². The van der Waals surface area contributed by atoms with Gasteiger partial charge in [-0.25, -0.2) is 0 Å². The van der Waals surface area contributed by atoms with Crippen LogP contribution in [0.25, 0.3) is 10.9 Å². The van der Waals surface area contributed by atoms with Crippen molar-refractivity contribution in [2.24, 2.45) is 5.92 Å². The fourth-order valence-electron chi connectivity index (χ4n) is 2.09. The Morgan fingerprint density at radius 2 is 2.17 bits per heavy atom. The molecular formula is C15H15NO2. The van der Waals surface area contributed by atoms with Crippen LogP contribution < -0.4 is 4.74 Å². The first-order chi connectivity index (χ1) is 8.83. The molecule has 0 N–H and O–H groups in total. The summed E-state index contributed by atoms with van der Waals surface area (Å²) in [5.74, 6) is 1.26. The van der Waals surface area contributed by atoms with Crippen LogP contribution in [0.5, 0.6) is 5.75 Å². The molecule has 0 bridgehead atoms. The quantitative estimate of drug-likeness (QED) is 0.806. The van der Waals surface area contributed by atoms with E-state index >= 15 is 0 Å². The summed E-state index contributed by atoms with van der Waals surface area (Å²) < 4.78 is 11.4. The van der Waals surface area contributed by atoms with Crippen molar-refractivity contribution in [3.8, 4) is 5.75 Å². The molecule has 1 aromatic heterocycles. The van der Waals surface area contributed by atoms with E-state index in [1.807, 2.05) is 36.4 Å². The summed E-state index contributed by atoms with van der Waals surface area (Å²) in [5.41, 5.74) is 0.880. The SMILES string of the molecule is CC1C=COC(Oc2cccc3cccnc23)C1. The Bertz CT molecular complexity index is 574. The fourth-order valence-corrected chi connectivity index (χ4v) is 2.09. The summed E-state index contributed by atoms with van der Waals surface area (Å²) in [5, 5.41) is 1.08. The van der Waals surface area contributed by atoms with E-state index in [1.165, 1.54) is 0 Å². The van der Waals surface area contributed by atoms with Gasteiger partial charge in [-0.1, -0.05) is 25.1 Å². The average molecular weight is 241 g/mol. The molecule has 3 nitrogen and oxygen atoms in total. The summed E-state index contributed by atoms with van der Waals surface area (Å²) in [4.78, 5) is 4.37. The molecule has 0 spiro atoms. The topological polar surface area (TPSA) is 31.4 Å². The van der Waals surface area contributed by atoms with Crippen molar-refractivity contribution in [3.63, 3.8) is 0 Å². The van der Waals surface area contributed by atoms with Crippen LogP contribution in [0.1, 0.15) is 13.3 Å². The zero-order valence-corrected chi connectivity index (χ0v) is 10.2. The van der Waals surface area contributed by atoms with E-state index in [2.05, 4.69) is 11.9 Å². The summed E-state index contributed by atoms with van der Waals surface area (Å²) in [6.07, 6.45) is 6.18. The molecule has 92 valence electrons. The molecule has 2 unspecified atom stereocenters. The van der Waals surface area contributed by atoms with E-state index in [4.69, 9.17) is 9.47 Å². The van der Waals surface area contributed by atoms with Crippen molar-refractivity contribution >= 4 is 10.9 Å². The second-order valence-electron chi connectivity index (χ2n) is 4.56. The highest BCUT2D eigenvalue weighted by Crippen LogP contribution is 2.26. The Morgan fingerprint density at radius 1 is 1.28 bits per heavy atom. The molecule has 1 aliphatic heterocycles. The van der Waals surface area contributed by atoms with Gasteiger partial charge >= 0.3 is 0 Å². The number of fused-ring (bicyclic) bond motifs is 1. The van der Waals surface area contributed by atoms with Crippen LogP contribution in [-0.4, -0.2) is 11.3 Å². The molecule has 18 heavy (non-hydrogen) atoms. The van der Waals surface area contributed by atoms with Gasteiger partial charge in [-0.05, 0) is 24.1 Å². The van der Waals surface area contributed by atoms with Crippen LogP contribution in [0.2, 0.25) is 0 Å². The normalized spacial score (nSPS) is 22.7. The Morgan fingerprint density at radius 3 is 3.06 bits per heavy atom. The molecule has 0 saturated carbocycles. The van der Waals surface area contributed by atoms with E-state index < -0.39 is 0 Å². The zero-order valence-electron chi connectivity index (χ0n) is 10.2. The third-order valence-electron chi connectivity index (χ3n) is 3.06. The predicted octanol–water partition coefficient (Wildman–Crippen LogP) is 3.51. The number of allylic oxidation sites excluding steroid dienone is 1. The third-order valence-corrected chi connectivity index (χ3v) is 3.06. The molecular weight excluding hydrogens is 226 g/mol. The highest BCUT2D eigenvalue weighted by atomic mass is 16.7. The van der Waals surface area contributed by atoms with Gasteiger partial charge < -0.3 is 9.47 Å². The maximum absolute atomic E-state index is 5.90. The molecule has 2 atom stereocenters. The molecule has 0 aliphatic carbocycles. The van der Waals surface area contributed by atoms with Gasteiger partial charge in [0.1, 0.15) is 11.3 Å². The van der Waals surface area contributed by atoms with Crippen molar-refractivity contribution in [3.05, 3.63) is 48.9 Å². The van der Waals surface area contributed by atoms with Gasteiger partial charge in [0, 0.05) is 18.0 Å². The molecule has 0 amide bonds. The van der Waals surface area contributed by atoms with Crippen molar-refractivity contribution in [2.45, 2.75) is 19.6 Å². The number of nitrogens with zero attached hydrogens (tertiary/aromatic N) is 1. The van der Waals surface area contributed by atoms with E-state index in [0.717, 1.165) is 23.1 Å². The lowest BCUT2D eigenvalue weighted by Crippen LogP contribution is -2.23. The highest BCUT2D eigenvalue weighted by molar-refractivity contribution is 5.84. The van der Waals surface area contributed by atoms with Gasteiger partial charge in [-0.15, -0.1) is 0 Å². The molecule has 0 fully saturated rings. The molecule has 3 heteroatoms. The number of benzene rings is 1. The van der Waals surface area contributed by atoms with E-state index in [-0.39, 0.29) is 6.29 Å². The molecule has 2 heterocycles. The van der Waals surface area contributed by atoms with Gasteiger partial charge in [0.05, 0.1) is 6.26 Å². The van der Waals surface area contributed by atoms with Crippen LogP contribution in [0.4, 0.5) is 0 Å². The first-order valence-electron chi connectivity index (χ1n) is 6.15. The first-order valence-corrected chi connectivity index (χ1v) is 6.15. The van der Waals surface area contributed by atoms with Gasteiger partial charge in [-0.3, -0.25) is 4.98 Å². The van der Waals surface area contributed by atoms with E-state index in [1.54, 1.807) is 12.5 Å². The van der Waals surface area contributed by atoms with Gasteiger partial charge in [-0.2, -0.15) is 0 Å². The number of para-hydroxylation sites is 1. The minimum absolute atomic E-state index is 0.224. The Hall–Kier alpha value is -2.03. The van der Waals surface area contributed by atoms with Gasteiger partial charge in [0.2, 0.25) is 6.29 Å². The van der Waals surface area contributed by atoms with Crippen LogP contribution >= 0.6 is 0 Å². The Balaban J connectivity index is 1.88. The van der Waals surface area contributed by atoms with E-state index in [9.17, 15) is 0 Å². The maximum atomic E-state index is 5.90. The van der Waals surface area contributed by atoms with Crippen LogP contribution in [-0.2, 0) is 4.74 Å². The molecule has 0 radical (unpaired) electrons. The van der Waals surface area contributed by atoms with Crippen molar-refractivity contribution in [1.29, 1.82) is 0 Å². The van der Waals surface area contributed by atoms with Crippen molar-refractivity contribution in [2.75, 3.05) is 0 Å². The van der Waals surface area contributed by atoms with Crippen molar-refractivity contribution in [1.82, 2.24) is 4.98 Å². The number of hydrogen-bond donors (Lipinski definition) is 0. The van der Waals surface area contributed by atoms with Gasteiger partial charge in [0.15, 0.2) is 0 Å². The number of aromatic nitrogens is 1. The Kier molecular flexibility index (Phi) is 2.89. The van der Waals surface area contributed by atoms with Crippen molar-refractivity contribution < 1.29 is 9.47 Å². The fraction of sp³-hybridized carbons (Fsp3) is 0.267. The standard InChI is InChI=1S/C15H15NO2/c1-11-7-9-17-14(10-11)18-13-6-2-4-12-5-3-8-16-15(12)13/h2-9,11,14H,10H2,1H3. The average Bonchev–Trinajstić information content (AvgIpc) is 2.39. The van der Waals surface area contributed by atoms with Crippen LogP contribution in [0.15, 0.2) is 48.9 Å². The molecule has 3 rings (SSSR count). The third kappa shape index (κ3) is 2.16. The summed E-state index contributed by atoms with van der Waals surface area (Å²) >= 11 is 0. The number of pyridine rings is 1. The highest BCUT2D eigenvalue weighted by Gasteiger charge is 2.18. The summed E-state index contributed by atoms with van der Waals surface area (Å²) in [6, 6.07) is 9.88. The minimum atomic E-state index is -0.224. The number of rotatable bonds is 2. The van der Waals surface area contributed by atoms with E-state index in [0.29, 0.717) is 5.92 Å². The molecule has 0 saturated heterocycles. The maximum Gasteiger partial charge on any atom is 0.240 e. The lowest BCUT2D eigenvalue weighted by molar-refractivity contribution is -0.0495. The number of hydrogen-bond acceptors (Lipinski definition) is 3. The first kappa shape index (κ1) is 11.1.